The summed E-state index contributed by atoms with van der Waals surface area (Å²) in [5.74, 6) is 0.406. The highest BCUT2D eigenvalue weighted by atomic mass is 79.9. The number of nitrogens with zero attached hydrogens (tertiary/aromatic N) is 1. The van der Waals surface area contributed by atoms with Crippen LogP contribution in [-0.4, -0.2) is 23.3 Å². The van der Waals surface area contributed by atoms with Crippen LogP contribution in [0.25, 0.3) is 6.08 Å². The maximum absolute atomic E-state index is 12.7. The van der Waals surface area contributed by atoms with Crippen molar-refractivity contribution in [3.63, 3.8) is 0 Å². The Morgan fingerprint density at radius 1 is 1.24 bits per heavy atom. The molecule has 2 N–H and O–H groups in total. The highest BCUT2D eigenvalue weighted by Crippen LogP contribution is 2.39. The van der Waals surface area contributed by atoms with E-state index in [0.29, 0.717) is 26.4 Å². The number of anilines is 1. The molecule has 0 unspecified atom stereocenters. The zero-order valence-electron chi connectivity index (χ0n) is 12.9. The number of rotatable bonds is 3. The number of carbonyl (C=O) groups excluding carboxylic acids is 1. The molecule has 0 spiro atoms. The third kappa shape index (κ3) is 3.61. The molecule has 0 aliphatic carbocycles. The zero-order valence-corrected chi connectivity index (χ0v) is 16.9. The number of hydrogen-bond donors (Lipinski definition) is 2. The average Bonchev–Trinajstić information content (AvgIpc) is 2.86. The fourth-order valence-corrected chi connectivity index (χ4v) is 4.40. The lowest BCUT2D eigenvalue weighted by Gasteiger charge is -2.14. The number of ether oxygens (including phenoxy) is 1. The van der Waals surface area contributed by atoms with Gasteiger partial charge < -0.3 is 9.84 Å². The van der Waals surface area contributed by atoms with Crippen LogP contribution in [0.5, 0.6) is 11.5 Å². The number of aromatic hydroxyl groups is 1. The first kappa shape index (κ1) is 18.0. The van der Waals surface area contributed by atoms with Gasteiger partial charge in [-0.05, 0) is 70.2 Å². The Balaban J connectivity index is 1.96. The van der Waals surface area contributed by atoms with E-state index in [1.54, 1.807) is 49.6 Å². The van der Waals surface area contributed by atoms with E-state index in [1.165, 1.54) is 4.90 Å². The molecule has 1 aliphatic rings. The lowest BCUT2D eigenvalue weighted by atomic mass is 10.2. The molecule has 0 saturated carbocycles. The van der Waals surface area contributed by atoms with Gasteiger partial charge in [-0.1, -0.05) is 15.9 Å². The topological polar surface area (TPSA) is 73.6 Å². The molecule has 3 rings (SSSR count). The van der Waals surface area contributed by atoms with Crippen LogP contribution in [0.2, 0.25) is 0 Å². The lowest BCUT2D eigenvalue weighted by Crippen LogP contribution is -2.27. The van der Waals surface area contributed by atoms with E-state index in [1.807, 2.05) is 0 Å². The summed E-state index contributed by atoms with van der Waals surface area (Å²) >= 11 is 7.68. The summed E-state index contributed by atoms with van der Waals surface area (Å²) in [6, 6.07) is 10.3. The number of thioether (sulfide) groups is 1. The quantitative estimate of drug-likeness (QED) is 0.603. The van der Waals surface area contributed by atoms with Crippen LogP contribution < -0.4 is 9.64 Å². The van der Waals surface area contributed by atoms with Gasteiger partial charge in [0.15, 0.2) is 5.17 Å². The van der Waals surface area contributed by atoms with E-state index in [9.17, 15) is 9.90 Å². The molecule has 2 aromatic carbocycles. The average molecular weight is 484 g/mol. The van der Waals surface area contributed by atoms with E-state index in [0.717, 1.165) is 16.2 Å². The number of methoxy groups -OCH3 is 1. The van der Waals surface area contributed by atoms with Gasteiger partial charge in [0.1, 0.15) is 11.5 Å². The Hall–Kier alpha value is -1.77. The van der Waals surface area contributed by atoms with Gasteiger partial charge in [-0.15, -0.1) is 0 Å². The Morgan fingerprint density at radius 3 is 2.56 bits per heavy atom. The number of amides is 1. The number of phenols is 1. The number of nitrogens with one attached hydrogen (secondary N) is 1. The predicted molar refractivity (Wildman–Crippen MR) is 107 cm³/mol. The van der Waals surface area contributed by atoms with Crippen molar-refractivity contribution in [2.45, 2.75) is 0 Å². The van der Waals surface area contributed by atoms with Crippen LogP contribution in [-0.2, 0) is 4.79 Å². The number of amidine groups is 1. The normalized spacial score (nSPS) is 16.0. The van der Waals surface area contributed by atoms with E-state index in [2.05, 4.69) is 31.9 Å². The van der Waals surface area contributed by atoms with Gasteiger partial charge in [0.2, 0.25) is 0 Å². The molecule has 0 atom stereocenters. The fraction of sp³-hybridized carbons (Fsp3) is 0.0588. The molecule has 0 radical (unpaired) electrons. The van der Waals surface area contributed by atoms with E-state index in [-0.39, 0.29) is 16.8 Å². The van der Waals surface area contributed by atoms with Gasteiger partial charge in [-0.25, -0.2) is 0 Å². The maximum Gasteiger partial charge on any atom is 0.271 e. The third-order valence-corrected chi connectivity index (χ3v) is 5.45. The van der Waals surface area contributed by atoms with Gasteiger partial charge in [0, 0.05) is 10.0 Å². The van der Waals surface area contributed by atoms with Crippen molar-refractivity contribution in [3.8, 4) is 11.5 Å². The summed E-state index contributed by atoms with van der Waals surface area (Å²) in [6.45, 7) is 0. The number of hydrogen-bond acceptors (Lipinski definition) is 5. The van der Waals surface area contributed by atoms with Crippen molar-refractivity contribution >= 4 is 66.5 Å². The van der Waals surface area contributed by atoms with Crippen molar-refractivity contribution in [2.75, 3.05) is 12.0 Å². The second-order valence-electron chi connectivity index (χ2n) is 5.08. The number of benzene rings is 2. The predicted octanol–water partition coefficient (Wildman–Crippen LogP) is 4.98. The molecule has 1 aliphatic heterocycles. The third-order valence-electron chi connectivity index (χ3n) is 3.50. The second kappa shape index (κ2) is 7.23. The van der Waals surface area contributed by atoms with Crippen molar-refractivity contribution in [2.24, 2.45) is 0 Å². The van der Waals surface area contributed by atoms with Gasteiger partial charge in [-0.2, -0.15) is 0 Å². The largest absolute Gasteiger partial charge is 0.506 e. The lowest BCUT2D eigenvalue weighted by molar-refractivity contribution is -0.113. The number of carbonyl (C=O) groups is 1. The Kier molecular flexibility index (Phi) is 5.21. The molecular weight excluding hydrogens is 472 g/mol. The van der Waals surface area contributed by atoms with Crippen LogP contribution in [0.15, 0.2) is 50.2 Å². The van der Waals surface area contributed by atoms with E-state index in [4.69, 9.17) is 10.1 Å². The second-order valence-corrected chi connectivity index (χ2v) is 7.88. The Bertz CT molecular complexity index is 898. The van der Waals surface area contributed by atoms with Crippen LogP contribution in [0.1, 0.15) is 5.56 Å². The van der Waals surface area contributed by atoms with Gasteiger partial charge in [-0.3, -0.25) is 15.1 Å². The minimum absolute atomic E-state index is 0.0403. The molecular formula is C17H12Br2N2O3S. The highest BCUT2D eigenvalue weighted by Gasteiger charge is 2.33. The Labute approximate surface area is 165 Å². The summed E-state index contributed by atoms with van der Waals surface area (Å²) in [5, 5.41) is 18.4. The van der Waals surface area contributed by atoms with Gasteiger partial charge >= 0.3 is 0 Å². The molecule has 1 heterocycles. The molecule has 0 aromatic heterocycles. The maximum atomic E-state index is 12.7. The van der Waals surface area contributed by atoms with Crippen molar-refractivity contribution in [1.82, 2.24) is 0 Å². The molecule has 2 aromatic rings. The number of phenolic OH excluding ortho intramolecular Hbond substituents is 1. The molecule has 1 amide bonds. The smallest absolute Gasteiger partial charge is 0.271 e. The summed E-state index contributed by atoms with van der Waals surface area (Å²) < 4.78 is 6.40. The summed E-state index contributed by atoms with van der Waals surface area (Å²) in [4.78, 5) is 14.4. The van der Waals surface area contributed by atoms with E-state index < -0.39 is 0 Å². The first-order chi connectivity index (χ1) is 11.9. The van der Waals surface area contributed by atoms with Crippen LogP contribution in [0.3, 0.4) is 0 Å². The van der Waals surface area contributed by atoms with Crippen molar-refractivity contribution in [1.29, 1.82) is 5.41 Å². The monoisotopic (exact) mass is 482 g/mol. The molecule has 25 heavy (non-hydrogen) atoms. The summed E-state index contributed by atoms with van der Waals surface area (Å²) in [7, 11) is 1.57. The van der Waals surface area contributed by atoms with Crippen LogP contribution >= 0.6 is 43.6 Å². The molecule has 8 heteroatoms. The van der Waals surface area contributed by atoms with E-state index >= 15 is 0 Å². The first-order valence-electron chi connectivity index (χ1n) is 7.05. The highest BCUT2D eigenvalue weighted by molar-refractivity contribution is 9.11. The van der Waals surface area contributed by atoms with Crippen LogP contribution in [0, 0.1) is 5.41 Å². The number of halogens is 2. The zero-order chi connectivity index (χ0) is 18.1. The standard InChI is InChI=1S/C17H12Br2N2O3S/c1-24-12-4-2-11(3-5-12)21-16(23)14(25-17(21)20)7-9-6-10(18)8-13(19)15(9)22/h2-8,20,22H,1H3/b14-7-,20-17?. The first-order valence-corrected chi connectivity index (χ1v) is 9.45. The van der Waals surface area contributed by atoms with Gasteiger partial charge in [0.05, 0.1) is 22.2 Å². The summed E-state index contributed by atoms with van der Waals surface area (Å²) in [5.41, 5.74) is 1.08. The minimum Gasteiger partial charge on any atom is -0.506 e. The molecule has 5 nitrogen and oxygen atoms in total. The molecule has 1 saturated heterocycles. The molecule has 128 valence electrons. The van der Waals surface area contributed by atoms with Crippen molar-refractivity contribution in [3.05, 3.63) is 55.8 Å². The fourth-order valence-electron chi connectivity index (χ4n) is 2.29. The van der Waals surface area contributed by atoms with Crippen LogP contribution in [0.4, 0.5) is 5.69 Å². The van der Waals surface area contributed by atoms with Crippen molar-refractivity contribution < 1.29 is 14.6 Å². The van der Waals surface area contributed by atoms with Gasteiger partial charge in [0.25, 0.3) is 5.91 Å². The molecule has 1 fully saturated rings. The summed E-state index contributed by atoms with van der Waals surface area (Å²) in [6.07, 6.45) is 1.58. The SMILES string of the molecule is COc1ccc(N2C(=N)S/C(=C\c3cc(Br)cc(Br)c3O)C2=O)cc1. The minimum atomic E-state index is -0.310. The molecule has 0 bridgehead atoms. The Morgan fingerprint density at radius 2 is 1.92 bits per heavy atom.